The van der Waals surface area contributed by atoms with Crippen LogP contribution in [0.4, 0.5) is 0 Å². The Kier molecular flexibility index (Phi) is 5.20. The summed E-state index contributed by atoms with van der Waals surface area (Å²) in [6.07, 6.45) is -6.46. The first-order valence-corrected chi connectivity index (χ1v) is 9.21. The summed E-state index contributed by atoms with van der Waals surface area (Å²) in [5.41, 5.74) is 1.32. The van der Waals surface area contributed by atoms with Crippen LogP contribution in [-0.2, 0) is 11.2 Å². The molecule has 0 radical (unpaired) electrons. The molecule has 6 N–H and O–H groups in total. The number of aliphatic hydroxyl groups is 4. The standard InChI is InChI=1S/C21H22O8/c22-9-15-17(25)18(26)19(27)21(29-15)16-14(24)6-3-11-8-13(28-20(11)16)7-10-1-4-12(23)5-2-10/h1-6,8,15,17-19,21-27H,7,9H2/t15-,17-,18+,19-,21+/m1/s1. The molecule has 5 atom stereocenters. The van der Waals surface area contributed by atoms with Gasteiger partial charge in [0.05, 0.1) is 12.2 Å². The monoisotopic (exact) mass is 402 g/mol. The van der Waals surface area contributed by atoms with E-state index in [1.165, 1.54) is 6.07 Å². The molecule has 4 rings (SSSR count). The third kappa shape index (κ3) is 3.57. The molecule has 0 aliphatic carbocycles. The van der Waals surface area contributed by atoms with Crippen molar-refractivity contribution in [2.45, 2.75) is 36.9 Å². The molecule has 1 aromatic heterocycles. The van der Waals surface area contributed by atoms with Crippen molar-refractivity contribution in [1.82, 2.24) is 0 Å². The molecule has 2 heterocycles. The fraction of sp³-hybridized carbons (Fsp3) is 0.333. The molecule has 1 saturated heterocycles. The van der Waals surface area contributed by atoms with Gasteiger partial charge in [-0.05, 0) is 35.9 Å². The van der Waals surface area contributed by atoms with Gasteiger partial charge in [0, 0.05) is 11.8 Å². The highest BCUT2D eigenvalue weighted by atomic mass is 16.5. The number of aliphatic hydroxyl groups excluding tert-OH is 4. The van der Waals surface area contributed by atoms with E-state index < -0.39 is 37.1 Å². The van der Waals surface area contributed by atoms with Gasteiger partial charge < -0.3 is 39.8 Å². The van der Waals surface area contributed by atoms with Gasteiger partial charge in [0.25, 0.3) is 0 Å². The molecule has 0 amide bonds. The van der Waals surface area contributed by atoms with Crippen molar-refractivity contribution in [3.8, 4) is 11.5 Å². The second-order valence-electron chi connectivity index (χ2n) is 7.22. The maximum Gasteiger partial charge on any atom is 0.143 e. The first kappa shape index (κ1) is 19.7. The minimum atomic E-state index is -1.56. The number of hydrogen-bond donors (Lipinski definition) is 6. The van der Waals surface area contributed by atoms with Crippen molar-refractivity contribution < 1.29 is 39.8 Å². The third-order valence-electron chi connectivity index (χ3n) is 5.24. The highest BCUT2D eigenvalue weighted by Crippen LogP contribution is 2.41. The van der Waals surface area contributed by atoms with Crippen molar-refractivity contribution in [2.75, 3.05) is 6.61 Å². The normalized spacial score (nSPS) is 27.4. The minimum absolute atomic E-state index is 0.136. The highest BCUT2D eigenvalue weighted by molar-refractivity contribution is 5.84. The summed E-state index contributed by atoms with van der Waals surface area (Å²) < 4.78 is 11.5. The number of benzene rings is 2. The van der Waals surface area contributed by atoms with E-state index in [1.54, 1.807) is 36.4 Å². The summed E-state index contributed by atoms with van der Waals surface area (Å²) in [5, 5.41) is 60.4. The third-order valence-corrected chi connectivity index (χ3v) is 5.24. The lowest BCUT2D eigenvalue weighted by atomic mass is 9.90. The topological polar surface area (TPSA) is 144 Å². The molecule has 8 nitrogen and oxygen atoms in total. The average Bonchev–Trinajstić information content (AvgIpc) is 3.11. The summed E-state index contributed by atoms with van der Waals surface area (Å²) in [4.78, 5) is 0. The van der Waals surface area contributed by atoms with E-state index in [2.05, 4.69) is 0 Å². The minimum Gasteiger partial charge on any atom is -0.508 e. The summed E-state index contributed by atoms with van der Waals surface area (Å²) >= 11 is 0. The molecular weight excluding hydrogens is 380 g/mol. The summed E-state index contributed by atoms with van der Waals surface area (Å²) in [6, 6.07) is 11.5. The molecule has 2 aromatic carbocycles. The fourth-order valence-corrected chi connectivity index (χ4v) is 3.68. The number of hydrogen-bond acceptors (Lipinski definition) is 8. The van der Waals surface area contributed by atoms with E-state index in [0.29, 0.717) is 17.6 Å². The fourth-order valence-electron chi connectivity index (χ4n) is 3.68. The molecule has 1 aliphatic heterocycles. The Labute approximate surface area is 165 Å². The number of fused-ring (bicyclic) bond motifs is 1. The lowest BCUT2D eigenvalue weighted by Crippen LogP contribution is -2.55. The number of phenolic OH excluding ortho intramolecular Hbond substituents is 2. The number of aromatic hydroxyl groups is 2. The van der Waals surface area contributed by atoms with Crippen molar-refractivity contribution in [1.29, 1.82) is 0 Å². The zero-order valence-corrected chi connectivity index (χ0v) is 15.3. The summed E-state index contributed by atoms with van der Waals surface area (Å²) in [6.45, 7) is -0.567. The maximum atomic E-state index is 10.4. The van der Waals surface area contributed by atoms with Crippen molar-refractivity contribution in [3.63, 3.8) is 0 Å². The number of rotatable bonds is 4. The molecule has 0 spiro atoms. The van der Waals surface area contributed by atoms with Crippen LogP contribution in [0.5, 0.6) is 11.5 Å². The van der Waals surface area contributed by atoms with Crippen molar-refractivity contribution in [3.05, 3.63) is 59.4 Å². The van der Waals surface area contributed by atoms with Crippen LogP contribution in [0.25, 0.3) is 11.0 Å². The molecule has 1 fully saturated rings. The van der Waals surface area contributed by atoms with Gasteiger partial charge in [0.2, 0.25) is 0 Å². The van der Waals surface area contributed by atoms with Gasteiger partial charge in [-0.25, -0.2) is 0 Å². The van der Waals surface area contributed by atoms with E-state index >= 15 is 0 Å². The highest BCUT2D eigenvalue weighted by Gasteiger charge is 2.45. The van der Waals surface area contributed by atoms with Crippen LogP contribution < -0.4 is 0 Å². The Bertz CT molecular complexity index is 994. The SMILES string of the molecule is OC[C@H]1O[C@@H](c2c(O)ccc3cc(Cc4ccc(O)cc4)oc23)[C@H](O)[C@@H](O)[C@@H]1O. The molecular formula is C21H22O8. The van der Waals surface area contributed by atoms with Crippen LogP contribution in [-0.4, -0.2) is 61.7 Å². The van der Waals surface area contributed by atoms with Crippen LogP contribution in [0.2, 0.25) is 0 Å². The van der Waals surface area contributed by atoms with Gasteiger partial charge in [-0.3, -0.25) is 0 Å². The van der Waals surface area contributed by atoms with Gasteiger partial charge in [0.15, 0.2) is 0 Å². The Balaban J connectivity index is 1.73. The lowest BCUT2D eigenvalue weighted by molar-refractivity contribution is -0.231. The van der Waals surface area contributed by atoms with Gasteiger partial charge in [-0.15, -0.1) is 0 Å². The predicted molar refractivity (Wildman–Crippen MR) is 102 cm³/mol. The van der Waals surface area contributed by atoms with Gasteiger partial charge >= 0.3 is 0 Å². The smallest absolute Gasteiger partial charge is 0.143 e. The first-order valence-electron chi connectivity index (χ1n) is 9.21. The number of furan rings is 1. The lowest BCUT2D eigenvalue weighted by Gasteiger charge is -2.40. The zero-order valence-electron chi connectivity index (χ0n) is 15.3. The molecule has 0 unspecified atom stereocenters. The van der Waals surface area contributed by atoms with Gasteiger partial charge in [-0.2, -0.15) is 0 Å². The second kappa shape index (κ2) is 7.66. The van der Waals surface area contributed by atoms with Crippen LogP contribution >= 0.6 is 0 Å². The molecule has 29 heavy (non-hydrogen) atoms. The second-order valence-corrected chi connectivity index (χ2v) is 7.22. The van der Waals surface area contributed by atoms with Crippen molar-refractivity contribution in [2.24, 2.45) is 0 Å². The zero-order chi connectivity index (χ0) is 20.7. The van der Waals surface area contributed by atoms with Crippen LogP contribution in [0, 0.1) is 0 Å². The van der Waals surface area contributed by atoms with E-state index in [-0.39, 0.29) is 22.6 Å². The quantitative estimate of drug-likeness (QED) is 0.379. The van der Waals surface area contributed by atoms with E-state index in [9.17, 15) is 30.6 Å². The Morgan fingerprint density at radius 1 is 0.862 bits per heavy atom. The van der Waals surface area contributed by atoms with Crippen molar-refractivity contribution >= 4 is 11.0 Å². The Morgan fingerprint density at radius 3 is 2.28 bits per heavy atom. The molecule has 0 bridgehead atoms. The molecule has 0 saturated carbocycles. The number of phenols is 2. The predicted octanol–water partition coefficient (Wildman–Crippen LogP) is 0.950. The van der Waals surface area contributed by atoms with Crippen LogP contribution in [0.1, 0.15) is 23.0 Å². The van der Waals surface area contributed by atoms with Crippen LogP contribution in [0.3, 0.4) is 0 Å². The first-order chi connectivity index (χ1) is 13.9. The van der Waals surface area contributed by atoms with Gasteiger partial charge in [-0.1, -0.05) is 12.1 Å². The van der Waals surface area contributed by atoms with Gasteiger partial charge in [0.1, 0.15) is 53.4 Å². The number of ether oxygens (including phenoxy) is 1. The molecule has 1 aliphatic rings. The van der Waals surface area contributed by atoms with E-state index in [1.807, 2.05) is 0 Å². The molecule has 154 valence electrons. The maximum absolute atomic E-state index is 10.4. The Hall–Kier alpha value is -2.62. The largest absolute Gasteiger partial charge is 0.508 e. The van der Waals surface area contributed by atoms with Crippen LogP contribution in [0.15, 0.2) is 46.9 Å². The Morgan fingerprint density at radius 2 is 1.59 bits per heavy atom. The summed E-state index contributed by atoms with van der Waals surface area (Å²) in [7, 11) is 0. The van der Waals surface area contributed by atoms with E-state index in [0.717, 1.165) is 5.56 Å². The average molecular weight is 402 g/mol. The molecule has 8 heteroatoms. The van der Waals surface area contributed by atoms with E-state index in [4.69, 9.17) is 9.15 Å². The molecule has 3 aromatic rings. The summed E-state index contributed by atoms with van der Waals surface area (Å²) in [5.74, 6) is 0.544.